The molecule has 0 aromatic rings. The van der Waals surface area contributed by atoms with E-state index in [1.54, 1.807) is 7.11 Å². The molecule has 1 aliphatic heterocycles. The van der Waals surface area contributed by atoms with Crippen molar-refractivity contribution < 1.29 is 9.47 Å². The van der Waals surface area contributed by atoms with Crippen molar-refractivity contribution in [1.29, 1.82) is 0 Å². The van der Waals surface area contributed by atoms with Crippen LogP contribution in [0.1, 0.15) is 13.8 Å². The Morgan fingerprint density at radius 3 is 2.36 bits per heavy atom. The maximum absolute atomic E-state index is 4.91. The van der Waals surface area contributed by atoms with Gasteiger partial charge < -0.3 is 9.47 Å². The third kappa shape index (κ3) is 10.3. The summed E-state index contributed by atoms with van der Waals surface area (Å²) in [4.78, 5) is 0. The summed E-state index contributed by atoms with van der Waals surface area (Å²) in [6.07, 6.45) is 0. The minimum Gasteiger partial charge on any atom is -0.384 e. The molecule has 0 aromatic heterocycles. The summed E-state index contributed by atoms with van der Waals surface area (Å²) < 4.78 is 9.71. The predicted molar refractivity (Wildman–Crippen MR) is 50.0 cm³/mol. The fraction of sp³-hybridized carbons (Fsp3) is 1.00. The molecule has 0 aromatic carbocycles. The van der Waals surface area contributed by atoms with Gasteiger partial charge in [0.05, 0.1) is 12.5 Å². The van der Waals surface area contributed by atoms with Crippen LogP contribution in [0, 0.1) is 5.92 Å². The lowest BCUT2D eigenvalue weighted by molar-refractivity contribution is 0.167. The van der Waals surface area contributed by atoms with Crippen LogP contribution in [-0.2, 0) is 9.47 Å². The molecular formula is C8H18O2S. The average molecular weight is 178 g/mol. The number of rotatable bonds is 2. The summed E-state index contributed by atoms with van der Waals surface area (Å²) in [6, 6.07) is 0. The van der Waals surface area contributed by atoms with Crippen molar-refractivity contribution >= 4 is 11.8 Å². The predicted octanol–water partition coefficient (Wildman–Crippen LogP) is 2.00. The Morgan fingerprint density at radius 1 is 1.55 bits per heavy atom. The molecule has 1 fully saturated rings. The lowest BCUT2D eigenvalue weighted by Crippen LogP contribution is -1.96. The van der Waals surface area contributed by atoms with E-state index in [2.05, 4.69) is 13.8 Å². The summed E-state index contributed by atoms with van der Waals surface area (Å²) in [5.41, 5.74) is 0. The second-order valence-electron chi connectivity index (χ2n) is 2.78. The van der Waals surface area contributed by atoms with Gasteiger partial charge in [-0.2, -0.15) is 0 Å². The Morgan fingerprint density at radius 2 is 2.27 bits per heavy atom. The van der Waals surface area contributed by atoms with Crippen LogP contribution in [0.2, 0.25) is 0 Å². The van der Waals surface area contributed by atoms with E-state index in [0.29, 0.717) is 5.92 Å². The number of hydrogen-bond donors (Lipinski definition) is 0. The van der Waals surface area contributed by atoms with Crippen molar-refractivity contribution in [2.45, 2.75) is 13.8 Å². The maximum Gasteiger partial charge on any atom is 0.0922 e. The standard InChI is InChI=1S/C5H12O.C3H6OS/c1-5(2)4-6-3;1-2-5-3-4-1/h5H,4H2,1-3H3;1-3H2. The van der Waals surface area contributed by atoms with Crippen molar-refractivity contribution in [2.75, 3.05) is 32.0 Å². The summed E-state index contributed by atoms with van der Waals surface area (Å²) >= 11 is 1.85. The molecule has 1 aliphatic rings. The maximum atomic E-state index is 4.91. The van der Waals surface area contributed by atoms with Crippen LogP contribution in [0.4, 0.5) is 0 Å². The zero-order chi connectivity index (χ0) is 8.53. The monoisotopic (exact) mass is 178 g/mol. The topological polar surface area (TPSA) is 18.5 Å². The van der Waals surface area contributed by atoms with Crippen molar-refractivity contribution in [3.8, 4) is 0 Å². The molecule has 0 radical (unpaired) electrons. The first-order valence-electron chi connectivity index (χ1n) is 3.91. The van der Waals surface area contributed by atoms with Gasteiger partial charge in [-0.1, -0.05) is 13.8 Å². The first-order valence-corrected chi connectivity index (χ1v) is 5.07. The molecule has 11 heavy (non-hydrogen) atoms. The van der Waals surface area contributed by atoms with Gasteiger partial charge in [0.15, 0.2) is 0 Å². The van der Waals surface area contributed by atoms with Crippen molar-refractivity contribution in [3.05, 3.63) is 0 Å². The van der Waals surface area contributed by atoms with E-state index in [0.717, 1.165) is 19.2 Å². The van der Waals surface area contributed by atoms with Crippen LogP contribution < -0.4 is 0 Å². The molecule has 0 bridgehead atoms. The third-order valence-electron chi connectivity index (χ3n) is 1.04. The Bertz CT molecular complexity index is 64.9. The van der Waals surface area contributed by atoms with Gasteiger partial charge in [0.2, 0.25) is 0 Å². The summed E-state index contributed by atoms with van der Waals surface area (Å²) in [7, 11) is 1.72. The van der Waals surface area contributed by atoms with E-state index in [4.69, 9.17) is 9.47 Å². The summed E-state index contributed by atoms with van der Waals surface area (Å²) in [5, 5.41) is 0. The van der Waals surface area contributed by atoms with Gasteiger partial charge in [0.25, 0.3) is 0 Å². The normalized spacial score (nSPS) is 16.4. The van der Waals surface area contributed by atoms with Gasteiger partial charge in [0, 0.05) is 19.5 Å². The number of hydrogen-bond acceptors (Lipinski definition) is 3. The lowest BCUT2D eigenvalue weighted by Gasteiger charge is -1.97. The van der Waals surface area contributed by atoms with E-state index in [9.17, 15) is 0 Å². The molecule has 1 rings (SSSR count). The Hall–Kier alpha value is 0.270. The van der Waals surface area contributed by atoms with Crippen molar-refractivity contribution in [1.82, 2.24) is 0 Å². The van der Waals surface area contributed by atoms with Crippen molar-refractivity contribution in [2.24, 2.45) is 5.92 Å². The zero-order valence-corrected chi connectivity index (χ0v) is 8.45. The second-order valence-corrected chi connectivity index (χ2v) is 3.84. The molecule has 1 saturated heterocycles. The molecule has 0 N–H and O–H groups in total. The highest BCUT2D eigenvalue weighted by atomic mass is 32.2. The molecule has 0 atom stereocenters. The molecular weight excluding hydrogens is 160 g/mol. The highest BCUT2D eigenvalue weighted by Crippen LogP contribution is 2.06. The fourth-order valence-corrected chi connectivity index (χ4v) is 1.22. The summed E-state index contributed by atoms with van der Waals surface area (Å²) in [6.45, 7) is 6.09. The quantitative estimate of drug-likeness (QED) is 0.644. The third-order valence-corrected chi connectivity index (χ3v) is 1.83. The molecule has 68 valence electrons. The molecule has 2 nitrogen and oxygen atoms in total. The van der Waals surface area contributed by atoms with Crippen LogP contribution >= 0.6 is 11.8 Å². The second kappa shape index (κ2) is 8.37. The van der Waals surface area contributed by atoms with E-state index in [1.165, 1.54) is 5.75 Å². The molecule has 0 aliphatic carbocycles. The SMILES string of the molecule is C1CSCO1.COCC(C)C. The first kappa shape index (κ1) is 11.3. The van der Waals surface area contributed by atoms with Gasteiger partial charge in [0.1, 0.15) is 0 Å². The van der Waals surface area contributed by atoms with Gasteiger partial charge in [-0.15, -0.1) is 11.8 Å². The molecule has 0 spiro atoms. The van der Waals surface area contributed by atoms with E-state index in [-0.39, 0.29) is 0 Å². The van der Waals surface area contributed by atoms with Crippen LogP contribution in [0.5, 0.6) is 0 Å². The summed E-state index contributed by atoms with van der Waals surface area (Å²) in [5.74, 6) is 2.79. The zero-order valence-electron chi connectivity index (χ0n) is 7.63. The van der Waals surface area contributed by atoms with Crippen LogP contribution in [0.25, 0.3) is 0 Å². The van der Waals surface area contributed by atoms with Crippen LogP contribution in [0.15, 0.2) is 0 Å². The smallest absolute Gasteiger partial charge is 0.0922 e. The number of ether oxygens (including phenoxy) is 2. The molecule has 0 unspecified atom stereocenters. The van der Waals surface area contributed by atoms with Gasteiger partial charge >= 0.3 is 0 Å². The van der Waals surface area contributed by atoms with E-state index < -0.39 is 0 Å². The highest BCUT2D eigenvalue weighted by Gasteiger charge is 1.94. The highest BCUT2D eigenvalue weighted by molar-refractivity contribution is 7.99. The first-order chi connectivity index (χ1) is 5.27. The van der Waals surface area contributed by atoms with Crippen LogP contribution in [-0.4, -0.2) is 32.0 Å². The molecule has 3 heteroatoms. The Balaban J connectivity index is 0.000000183. The van der Waals surface area contributed by atoms with Gasteiger partial charge in [-0.25, -0.2) is 0 Å². The molecule has 0 saturated carbocycles. The number of methoxy groups -OCH3 is 1. The Kier molecular flexibility index (Phi) is 8.57. The van der Waals surface area contributed by atoms with Crippen LogP contribution in [0.3, 0.4) is 0 Å². The van der Waals surface area contributed by atoms with E-state index in [1.807, 2.05) is 11.8 Å². The fourth-order valence-electron chi connectivity index (χ4n) is 0.628. The average Bonchev–Trinajstić information content (AvgIpc) is 2.41. The minimum atomic E-state index is 0.676. The largest absolute Gasteiger partial charge is 0.384 e. The van der Waals surface area contributed by atoms with E-state index >= 15 is 0 Å². The Labute approximate surface area is 73.6 Å². The van der Waals surface area contributed by atoms with Gasteiger partial charge in [-0.3, -0.25) is 0 Å². The number of thioether (sulfide) groups is 1. The molecule has 1 heterocycles. The lowest BCUT2D eigenvalue weighted by atomic mass is 10.2. The molecule has 0 amide bonds. The van der Waals surface area contributed by atoms with Crippen molar-refractivity contribution in [3.63, 3.8) is 0 Å². The van der Waals surface area contributed by atoms with Gasteiger partial charge in [-0.05, 0) is 5.92 Å². The minimum absolute atomic E-state index is 0.676.